The molecule has 1 N–H and O–H groups in total. The molecular formula is C13H15ClINO3. The first kappa shape index (κ1) is 14.9. The number of hydrogen-bond donors (Lipinski definition) is 1. The first-order valence-electron chi connectivity index (χ1n) is 6.03. The zero-order valence-electron chi connectivity index (χ0n) is 10.5. The Morgan fingerprint density at radius 1 is 1.63 bits per heavy atom. The largest absolute Gasteiger partial charge is 0.496 e. The molecule has 1 atom stereocenters. The number of carbonyl (C=O) groups is 1. The van der Waals surface area contributed by atoms with Crippen molar-refractivity contribution in [2.75, 3.05) is 20.3 Å². The molecule has 1 amide bonds. The number of methoxy groups -OCH3 is 1. The van der Waals surface area contributed by atoms with Crippen LogP contribution in [-0.4, -0.2) is 42.2 Å². The minimum Gasteiger partial charge on any atom is -0.496 e. The first-order valence-corrected chi connectivity index (χ1v) is 7.49. The second-order valence-corrected chi connectivity index (χ2v) is 6.01. The number of carbonyl (C=O) groups excluding carboxylic acids is 1. The van der Waals surface area contributed by atoms with Crippen LogP contribution in [0.2, 0.25) is 5.02 Å². The summed E-state index contributed by atoms with van der Waals surface area (Å²) in [4.78, 5) is 14.2. The summed E-state index contributed by atoms with van der Waals surface area (Å²) in [5.41, 5.74) is 0.452. The van der Waals surface area contributed by atoms with Gasteiger partial charge in [0.25, 0.3) is 5.91 Å². The molecule has 0 saturated carbocycles. The highest BCUT2D eigenvalue weighted by Gasteiger charge is 2.30. The van der Waals surface area contributed by atoms with Gasteiger partial charge in [0.05, 0.1) is 30.3 Å². The molecule has 1 aromatic rings. The minimum absolute atomic E-state index is 0.00778. The Morgan fingerprint density at radius 3 is 3.00 bits per heavy atom. The van der Waals surface area contributed by atoms with E-state index in [2.05, 4.69) is 22.6 Å². The van der Waals surface area contributed by atoms with Crippen molar-refractivity contribution in [2.24, 2.45) is 0 Å². The predicted molar refractivity (Wildman–Crippen MR) is 81.9 cm³/mol. The van der Waals surface area contributed by atoms with E-state index >= 15 is 0 Å². The molecule has 0 bridgehead atoms. The van der Waals surface area contributed by atoms with Crippen molar-refractivity contribution in [2.45, 2.75) is 18.9 Å². The molecule has 2 rings (SSSR count). The van der Waals surface area contributed by atoms with Gasteiger partial charge in [-0.05, 0) is 47.6 Å². The van der Waals surface area contributed by atoms with Crippen LogP contribution in [0.3, 0.4) is 0 Å². The number of aliphatic hydroxyl groups is 1. The molecular weight excluding hydrogens is 381 g/mol. The zero-order chi connectivity index (χ0) is 14.0. The van der Waals surface area contributed by atoms with E-state index in [9.17, 15) is 9.90 Å². The minimum atomic E-state index is -0.133. The topological polar surface area (TPSA) is 49.8 Å². The van der Waals surface area contributed by atoms with Crippen LogP contribution in [0.1, 0.15) is 23.2 Å². The van der Waals surface area contributed by atoms with Crippen molar-refractivity contribution in [1.82, 2.24) is 4.90 Å². The third kappa shape index (κ3) is 2.98. The number of nitrogens with zero attached hydrogens (tertiary/aromatic N) is 1. The number of rotatable bonds is 3. The van der Waals surface area contributed by atoms with Gasteiger partial charge in [0.15, 0.2) is 0 Å². The second-order valence-electron chi connectivity index (χ2n) is 4.44. The van der Waals surface area contributed by atoms with Crippen LogP contribution >= 0.6 is 34.2 Å². The SMILES string of the molecule is COc1cc(I)c(Cl)cc1C(=O)N1CCC[C@@H]1CO. The van der Waals surface area contributed by atoms with E-state index < -0.39 is 0 Å². The molecule has 1 aliphatic heterocycles. The molecule has 0 radical (unpaired) electrons. The maximum atomic E-state index is 12.5. The van der Waals surface area contributed by atoms with Crippen LogP contribution in [0.15, 0.2) is 12.1 Å². The Balaban J connectivity index is 2.35. The molecule has 1 heterocycles. The van der Waals surface area contributed by atoms with E-state index in [4.69, 9.17) is 16.3 Å². The lowest BCUT2D eigenvalue weighted by Gasteiger charge is -2.24. The summed E-state index contributed by atoms with van der Waals surface area (Å²) in [6.45, 7) is 0.656. The molecule has 0 spiro atoms. The maximum Gasteiger partial charge on any atom is 0.258 e. The smallest absolute Gasteiger partial charge is 0.258 e. The lowest BCUT2D eigenvalue weighted by molar-refractivity contribution is 0.0674. The lowest BCUT2D eigenvalue weighted by atomic mass is 10.1. The van der Waals surface area contributed by atoms with E-state index in [-0.39, 0.29) is 18.6 Å². The average Bonchev–Trinajstić information content (AvgIpc) is 2.88. The molecule has 0 aromatic heterocycles. The van der Waals surface area contributed by atoms with Gasteiger partial charge in [0, 0.05) is 10.1 Å². The quantitative estimate of drug-likeness (QED) is 0.800. The number of likely N-dealkylation sites (tertiary alicyclic amines) is 1. The van der Waals surface area contributed by atoms with Gasteiger partial charge in [0.1, 0.15) is 5.75 Å². The second kappa shape index (κ2) is 6.28. The Kier molecular flexibility index (Phi) is 4.92. The van der Waals surface area contributed by atoms with Gasteiger partial charge in [-0.1, -0.05) is 11.6 Å². The van der Waals surface area contributed by atoms with E-state index in [0.29, 0.717) is 22.9 Å². The summed E-state index contributed by atoms with van der Waals surface area (Å²) >= 11 is 8.18. The number of halogens is 2. The molecule has 1 saturated heterocycles. The van der Waals surface area contributed by atoms with Crippen molar-refractivity contribution in [3.05, 3.63) is 26.3 Å². The van der Waals surface area contributed by atoms with Gasteiger partial charge in [-0.2, -0.15) is 0 Å². The third-order valence-electron chi connectivity index (χ3n) is 3.32. The molecule has 1 aromatic carbocycles. The Labute approximate surface area is 130 Å². The summed E-state index contributed by atoms with van der Waals surface area (Å²) in [6.07, 6.45) is 1.75. The molecule has 0 unspecified atom stereocenters. The molecule has 104 valence electrons. The van der Waals surface area contributed by atoms with Gasteiger partial charge in [-0.3, -0.25) is 4.79 Å². The molecule has 1 aliphatic rings. The molecule has 6 heteroatoms. The Bertz CT molecular complexity index is 495. The maximum absolute atomic E-state index is 12.5. The number of hydrogen-bond acceptors (Lipinski definition) is 3. The van der Waals surface area contributed by atoms with Crippen LogP contribution in [-0.2, 0) is 0 Å². The fourth-order valence-electron chi connectivity index (χ4n) is 2.31. The Hall–Kier alpha value is -0.530. The molecule has 4 nitrogen and oxygen atoms in total. The van der Waals surface area contributed by atoms with E-state index in [1.54, 1.807) is 17.0 Å². The van der Waals surface area contributed by atoms with Crippen LogP contribution < -0.4 is 4.74 Å². The van der Waals surface area contributed by atoms with Gasteiger partial charge < -0.3 is 14.7 Å². The molecule has 1 fully saturated rings. The van der Waals surface area contributed by atoms with Gasteiger partial charge >= 0.3 is 0 Å². The normalized spacial score (nSPS) is 18.7. The summed E-state index contributed by atoms with van der Waals surface area (Å²) in [7, 11) is 1.53. The van der Waals surface area contributed by atoms with Crippen molar-refractivity contribution >= 4 is 40.1 Å². The highest BCUT2D eigenvalue weighted by Crippen LogP contribution is 2.30. The summed E-state index contributed by atoms with van der Waals surface area (Å²) < 4.78 is 6.10. The van der Waals surface area contributed by atoms with Crippen LogP contribution in [0.4, 0.5) is 0 Å². The van der Waals surface area contributed by atoms with Crippen molar-refractivity contribution in [1.29, 1.82) is 0 Å². The summed E-state index contributed by atoms with van der Waals surface area (Å²) in [5.74, 6) is 0.383. The van der Waals surface area contributed by atoms with Crippen LogP contribution in [0.5, 0.6) is 5.75 Å². The fraction of sp³-hybridized carbons (Fsp3) is 0.462. The monoisotopic (exact) mass is 395 g/mol. The Morgan fingerprint density at radius 2 is 2.37 bits per heavy atom. The predicted octanol–water partition coefficient (Wildman–Crippen LogP) is 2.55. The number of benzene rings is 1. The number of ether oxygens (including phenoxy) is 1. The first-order chi connectivity index (χ1) is 9.08. The highest BCUT2D eigenvalue weighted by molar-refractivity contribution is 14.1. The number of aliphatic hydroxyl groups excluding tert-OH is 1. The average molecular weight is 396 g/mol. The van der Waals surface area contributed by atoms with Gasteiger partial charge in [-0.15, -0.1) is 0 Å². The standard InChI is InChI=1S/C13H15ClINO3/c1-19-12-6-11(15)10(14)5-9(12)13(18)16-4-2-3-8(16)7-17/h5-6,8,17H,2-4,7H2,1H3/t8-/m1/s1. The van der Waals surface area contributed by atoms with Crippen LogP contribution in [0, 0.1) is 3.57 Å². The van der Waals surface area contributed by atoms with E-state index in [1.807, 2.05) is 0 Å². The third-order valence-corrected chi connectivity index (χ3v) is 4.85. The molecule has 0 aliphatic carbocycles. The van der Waals surface area contributed by atoms with Crippen molar-refractivity contribution in [3.63, 3.8) is 0 Å². The van der Waals surface area contributed by atoms with Gasteiger partial charge in [-0.25, -0.2) is 0 Å². The van der Waals surface area contributed by atoms with Crippen molar-refractivity contribution in [3.8, 4) is 5.75 Å². The fourth-order valence-corrected chi connectivity index (χ4v) is 2.91. The van der Waals surface area contributed by atoms with Gasteiger partial charge in [0.2, 0.25) is 0 Å². The summed E-state index contributed by atoms with van der Waals surface area (Å²) in [6, 6.07) is 3.28. The van der Waals surface area contributed by atoms with E-state index in [1.165, 1.54) is 7.11 Å². The zero-order valence-corrected chi connectivity index (χ0v) is 13.4. The van der Waals surface area contributed by atoms with Crippen molar-refractivity contribution < 1.29 is 14.6 Å². The van der Waals surface area contributed by atoms with Crippen LogP contribution in [0.25, 0.3) is 0 Å². The summed E-state index contributed by atoms with van der Waals surface area (Å²) in [5, 5.41) is 9.84. The van der Waals surface area contributed by atoms with E-state index in [0.717, 1.165) is 16.4 Å². The number of amides is 1. The highest BCUT2D eigenvalue weighted by atomic mass is 127. The lowest BCUT2D eigenvalue weighted by Crippen LogP contribution is -2.37. The molecule has 19 heavy (non-hydrogen) atoms.